The Morgan fingerprint density at radius 3 is 2.67 bits per heavy atom. The zero-order valence-corrected chi connectivity index (χ0v) is 9.50. The summed E-state index contributed by atoms with van der Waals surface area (Å²) in [6.07, 6.45) is 0. The van der Waals surface area contributed by atoms with Gasteiger partial charge in [0.2, 0.25) is 0 Å². The molecule has 12 heavy (non-hydrogen) atoms. The number of halogens is 3. The first-order valence-corrected chi connectivity index (χ1v) is 4.97. The number of benzene rings is 1. The molecule has 0 aromatic heterocycles. The summed E-state index contributed by atoms with van der Waals surface area (Å²) in [6.45, 7) is 2.50. The Hall–Kier alpha value is 0.0800. The van der Waals surface area contributed by atoms with Gasteiger partial charge in [-0.15, -0.1) is 0 Å². The minimum Gasteiger partial charge on any atom is -0.493 e. The normalized spacial score (nSPS) is 10.0. The fourth-order valence-corrected chi connectivity index (χ4v) is 1.61. The summed E-state index contributed by atoms with van der Waals surface area (Å²) in [7, 11) is 0. The molecule has 0 atom stereocenters. The Morgan fingerprint density at radius 1 is 1.42 bits per heavy atom. The summed E-state index contributed by atoms with van der Waals surface area (Å²) < 4.78 is 6.03. The van der Waals surface area contributed by atoms with Crippen LogP contribution in [0.4, 0.5) is 0 Å². The van der Waals surface area contributed by atoms with Crippen molar-refractivity contribution in [1.82, 2.24) is 0 Å². The van der Waals surface area contributed by atoms with Crippen molar-refractivity contribution < 1.29 is 4.74 Å². The van der Waals surface area contributed by atoms with Gasteiger partial charge in [0.05, 0.1) is 16.1 Å². The van der Waals surface area contributed by atoms with Gasteiger partial charge in [0, 0.05) is 11.1 Å². The van der Waals surface area contributed by atoms with Crippen LogP contribution in [0.2, 0.25) is 10.0 Å². The fraction of sp³-hybridized carbons (Fsp3) is 0.250. The molecule has 0 radical (unpaired) electrons. The molecule has 0 unspecified atom stereocenters. The first-order chi connectivity index (χ1) is 5.65. The molecule has 0 saturated carbocycles. The van der Waals surface area contributed by atoms with Gasteiger partial charge in [-0.25, -0.2) is 0 Å². The second kappa shape index (κ2) is 4.35. The molecule has 0 heterocycles. The lowest BCUT2D eigenvalue weighted by molar-refractivity contribution is 0.338. The van der Waals surface area contributed by atoms with Crippen LogP contribution in [0.25, 0.3) is 0 Å². The van der Waals surface area contributed by atoms with Crippen LogP contribution in [0.15, 0.2) is 16.6 Å². The van der Waals surface area contributed by atoms with E-state index in [9.17, 15) is 0 Å². The van der Waals surface area contributed by atoms with Crippen LogP contribution in [-0.2, 0) is 0 Å². The van der Waals surface area contributed by atoms with E-state index in [0.29, 0.717) is 22.4 Å². The van der Waals surface area contributed by atoms with Crippen molar-refractivity contribution in [2.45, 2.75) is 6.92 Å². The van der Waals surface area contributed by atoms with Crippen molar-refractivity contribution in [2.24, 2.45) is 0 Å². The third kappa shape index (κ3) is 2.28. The summed E-state index contributed by atoms with van der Waals surface area (Å²) in [5.74, 6) is 0.676. The van der Waals surface area contributed by atoms with Crippen molar-refractivity contribution >= 4 is 39.1 Å². The van der Waals surface area contributed by atoms with Crippen LogP contribution in [-0.4, -0.2) is 6.61 Å². The Morgan fingerprint density at radius 2 is 2.08 bits per heavy atom. The topological polar surface area (TPSA) is 9.23 Å². The molecule has 0 aliphatic heterocycles. The monoisotopic (exact) mass is 268 g/mol. The maximum absolute atomic E-state index is 5.84. The summed E-state index contributed by atoms with van der Waals surface area (Å²) >= 11 is 14.9. The second-order valence-electron chi connectivity index (χ2n) is 2.13. The minimum absolute atomic E-state index is 0.561. The lowest BCUT2D eigenvalue weighted by atomic mass is 10.3. The van der Waals surface area contributed by atoms with E-state index in [2.05, 4.69) is 15.9 Å². The predicted molar refractivity (Wildman–Crippen MR) is 55.3 cm³/mol. The summed E-state index contributed by atoms with van der Waals surface area (Å²) in [4.78, 5) is 0. The third-order valence-corrected chi connectivity index (χ3v) is 2.82. The highest BCUT2D eigenvalue weighted by Crippen LogP contribution is 2.35. The maximum Gasteiger partial charge on any atom is 0.136 e. The molecule has 0 fully saturated rings. The van der Waals surface area contributed by atoms with E-state index in [-0.39, 0.29) is 0 Å². The van der Waals surface area contributed by atoms with Gasteiger partial charge in [-0.3, -0.25) is 0 Å². The molecule has 0 amide bonds. The highest BCUT2D eigenvalue weighted by atomic mass is 79.9. The summed E-state index contributed by atoms with van der Waals surface area (Å²) in [6, 6.07) is 3.39. The highest BCUT2D eigenvalue weighted by molar-refractivity contribution is 9.10. The average molecular weight is 270 g/mol. The van der Waals surface area contributed by atoms with E-state index >= 15 is 0 Å². The zero-order valence-electron chi connectivity index (χ0n) is 6.40. The van der Waals surface area contributed by atoms with Crippen molar-refractivity contribution in [1.29, 1.82) is 0 Å². The molecule has 0 N–H and O–H groups in total. The molecule has 0 aliphatic carbocycles. The molecule has 1 aromatic rings. The predicted octanol–water partition coefficient (Wildman–Crippen LogP) is 4.15. The molecular formula is C8H7BrCl2O. The first-order valence-electron chi connectivity index (χ1n) is 3.42. The van der Waals surface area contributed by atoms with Crippen LogP contribution < -0.4 is 4.74 Å². The standard InChI is InChI=1S/C8H7BrCl2O/c1-2-12-7-4-5(10)3-6(11)8(7)9/h3-4H,2H2,1H3. The lowest BCUT2D eigenvalue weighted by Crippen LogP contribution is -1.92. The van der Waals surface area contributed by atoms with Crippen molar-refractivity contribution in [2.75, 3.05) is 6.61 Å². The van der Waals surface area contributed by atoms with Gasteiger partial charge in [-0.2, -0.15) is 0 Å². The first kappa shape index (κ1) is 10.2. The molecule has 66 valence electrons. The molecule has 1 rings (SSSR count). The molecule has 1 nitrogen and oxygen atoms in total. The van der Waals surface area contributed by atoms with Gasteiger partial charge < -0.3 is 4.74 Å². The quantitative estimate of drug-likeness (QED) is 0.733. The van der Waals surface area contributed by atoms with E-state index in [1.165, 1.54) is 0 Å². The van der Waals surface area contributed by atoms with Gasteiger partial charge in [0.15, 0.2) is 0 Å². The summed E-state index contributed by atoms with van der Waals surface area (Å²) in [5.41, 5.74) is 0. The van der Waals surface area contributed by atoms with E-state index in [0.717, 1.165) is 4.47 Å². The third-order valence-electron chi connectivity index (χ3n) is 1.26. The van der Waals surface area contributed by atoms with E-state index < -0.39 is 0 Å². The smallest absolute Gasteiger partial charge is 0.136 e. The molecule has 0 saturated heterocycles. The fourth-order valence-electron chi connectivity index (χ4n) is 0.793. The van der Waals surface area contributed by atoms with E-state index in [1.807, 2.05) is 6.92 Å². The van der Waals surface area contributed by atoms with Crippen molar-refractivity contribution in [3.63, 3.8) is 0 Å². The lowest BCUT2D eigenvalue weighted by Gasteiger charge is -2.07. The van der Waals surface area contributed by atoms with Crippen LogP contribution >= 0.6 is 39.1 Å². The minimum atomic E-state index is 0.561. The molecular weight excluding hydrogens is 263 g/mol. The Labute approximate surface area is 89.7 Å². The Bertz CT molecular complexity index is 289. The van der Waals surface area contributed by atoms with E-state index in [4.69, 9.17) is 27.9 Å². The van der Waals surface area contributed by atoms with Crippen LogP contribution in [0.5, 0.6) is 5.75 Å². The zero-order chi connectivity index (χ0) is 9.14. The average Bonchev–Trinajstić information content (AvgIpc) is 2.00. The van der Waals surface area contributed by atoms with Gasteiger partial charge >= 0.3 is 0 Å². The number of rotatable bonds is 2. The largest absolute Gasteiger partial charge is 0.493 e. The molecule has 0 spiro atoms. The van der Waals surface area contributed by atoms with Crippen LogP contribution in [0, 0.1) is 0 Å². The van der Waals surface area contributed by atoms with Crippen LogP contribution in [0.1, 0.15) is 6.92 Å². The number of hydrogen-bond donors (Lipinski definition) is 0. The Kier molecular flexibility index (Phi) is 3.69. The van der Waals surface area contributed by atoms with Gasteiger partial charge in [0.1, 0.15) is 5.75 Å². The molecule has 4 heteroatoms. The number of ether oxygens (including phenoxy) is 1. The highest BCUT2D eigenvalue weighted by Gasteiger charge is 2.06. The van der Waals surface area contributed by atoms with Crippen LogP contribution in [0.3, 0.4) is 0 Å². The number of hydrogen-bond acceptors (Lipinski definition) is 1. The Balaban J connectivity index is 3.09. The summed E-state index contributed by atoms with van der Waals surface area (Å²) in [5, 5.41) is 1.14. The molecule has 1 aromatic carbocycles. The van der Waals surface area contributed by atoms with Gasteiger partial charge in [0.25, 0.3) is 0 Å². The van der Waals surface area contributed by atoms with E-state index in [1.54, 1.807) is 12.1 Å². The van der Waals surface area contributed by atoms with Gasteiger partial charge in [-0.1, -0.05) is 23.2 Å². The molecule has 0 aliphatic rings. The van der Waals surface area contributed by atoms with Crippen molar-refractivity contribution in [3.8, 4) is 5.75 Å². The second-order valence-corrected chi connectivity index (χ2v) is 3.77. The SMILES string of the molecule is CCOc1cc(Cl)cc(Cl)c1Br. The molecule has 0 bridgehead atoms. The maximum atomic E-state index is 5.84. The van der Waals surface area contributed by atoms with Gasteiger partial charge in [-0.05, 0) is 28.9 Å². The van der Waals surface area contributed by atoms with Crippen molar-refractivity contribution in [3.05, 3.63) is 26.7 Å².